The highest BCUT2D eigenvalue weighted by atomic mass is 127. The fraction of sp³-hybridized carbons (Fsp3) is 0. The van der Waals surface area contributed by atoms with Crippen LogP contribution in [0.25, 0.3) is 0 Å². The Hall–Kier alpha value is 0.270. The number of benzene rings is 1. The summed E-state index contributed by atoms with van der Waals surface area (Å²) >= 11 is 20.6. The van der Waals surface area contributed by atoms with E-state index in [1.165, 1.54) is 6.07 Å². The Morgan fingerprint density at radius 2 is 1.84 bits per heavy atom. The van der Waals surface area contributed by atoms with Crippen molar-refractivity contribution in [3.63, 3.8) is 0 Å². The Morgan fingerprint density at radius 1 is 1.16 bits per heavy atom. The number of halogens is 4. The summed E-state index contributed by atoms with van der Waals surface area (Å²) in [4.78, 5) is -0.0567. The van der Waals surface area contributed by atoms with Gasteiger partial charge in [-0.1, -0.05) is 34.8 Å². The van der Waals surface area contributed by atoms with E-state index >= 15 is 0 Å². The maximum Gasteiger partial charge on any atom is 0.264 e. The molecule has 1 N–H and O–H groups in total. The van der Waals surface area contributed by atoms with Crippen molar-refractivity contribution in [1.82, 2.24) is 0 Å². The van der Waals surface area contributed by atoms with E-state index in [0.717, 1.165) is 14.9 Å². The van der Waals surface area contributed by atoms with E-state index in [4.69, 9.17) is 34.8 Å². The van der Waals surface area contributed by atoms with Gasteiger partial charge in [-0.2, -0.15) is 0 Å². The smallest absolute Gasteiger partial charge is 0.264 e. The lowest BCUT2D eigenvalue weighted by Gasteiger charge is -2.09. The van der Waals surface area contributed by atoms with Crippen LogP contribution in [0.3, 0.4) is 0 Å². The van der Waals surface area contributed by atoms with Gasteiger partial charge in [0.2, 0.25) is 0 Å². The van der Waals surface area contributed by atoms with E-state index < -0.39 is 10.0 Å². The minimum atomic E-state index is -3.80. The SMILES string of the molecule is O=S(=O)(Nc1ccc(I)cc1Cl)c1cc(Cl)sc1Cl. The molecule has 0 spiro atoms. The number of rotatable bonds is 3. The molecule has 3 nitrogen and oxygen atoms in total. The van der Waals surface area contributed by atoms with E-state index in [-0.39, 0.29) is 9.23 Å². The Labute approximate surface area is 143 Å². The molecule has 1 aromatic heterocycles. The Kier molecular flexibility index (Phi) is 4.90. The molecular weight excluding hydrogens is 464 g/mol. The van der Waals surface area contributed by atoms with E-state index in [0.29, 0.717) is 15.0 Å². The summed E-state index contributed by atoms with van der Waals surface area (Å²) in [5.74, 6) is 0. The first-order valence-corrected chi connectivity index (χ1v) is 9.23. The highest BCUT2D eigenvalue weighted by Gasteiger charge is 2.21. The van der Waals surface area contributed by atoms with Gasteiger partial charge in [-0.3, -0.25) is 4.72 Å². The molecule has 0 bridgehead atoms. The standard InChI is InChI=1S/C10H5Cl3INO2S2/c11-6-3-5(14)1-2-7(6)15-19(16,17)8-4-9(12)18-10(8)13/h1-4,15H. The zero-order valence-corrected chi connectivity index (χ0v) is 15.0. The average molecular weight is 469 g/mol. The van der Waals surface area contributed by atoms with Crippen LogP contribution in [0.4, 0.5) is 5.69 Å². The summed E-state index contributed by atoms with van der Waals surface area (Å²) in [6.45, 7) is 0. The third-order valence-corrected chi connectivity index (χ3v) is 6.19. The molecule has 1 aromatic carbocycles. The van der Waals surface area contributed by atoms with Crippen LogP contribution in [0.5, 0.6) is 0 Å². The third kappa shape index (κ3) is 3.68. The van der Waals surface area contributed by atoms with Crippen molar-refractivity contribution in [1.29, 1.82) is 0 Å². The minimum absolute atomic E-state index is 0.0567. The average Bonchev–Trinajstić information content (AvgIpc) is 2.63. The van der Waals surface area contributed by atoms with E-state index in [1.807, 2.05) is 0 Å². The number of anilines is 1. The molecule has 1 heterocycles. The van der Waals surface area contributed by atoms with Gasteiger partial charge in [-0.25, -0.2) is 8.42 Å². The first-order valence-electron chi connectivity index (χ1n) is 4.72. The number of hydrogen-bond donors (Lipinski definition) is 1. The van der Waals surface area contributed by atoms with Gasteiger partial charge in [-0.15, -0.1) is 11.3 Å². The predicted octanol–water partition coefficient (Wildman–Crippen LogP) is 5.11. The van der Waals surface area contributed by atoms with Crippen LogP contribution in [0.15, 0.2) is 29.2 Å². The lowest BCUT2D eigenvalue weighted by atomic mass is 10.3. The number of nitrogens with one attached hydrogen (secondary N) is 1. The number of hydrogen-bond acceptors (Lipinski definition) is 3. The summed E-state index contributed by atoms with van der Waals surface area (Å²) in [6, 6.07) is 6.29. The van der Waals surface area contributed by atoms with Crippen LogP contribution >= 0.6 is 68.7 Å². The van der Waals surface area contributed by atoms with Crippen molar-refractivity contribution in [2.24, 2.45) is 0 Å². The van der Waals surface area contributed by atoms with Crippen molar-refractivity contribution in [2.75, 3.05) is 4.72 Å². The second-order valence-corrected chi connectivity index (χ2v) is 9.01. The zero-order valence-electron chi connectivity index (χ0n) is 8.95. The van der Waals surface area contributed by atoms with Gasteiger partial charge in [0, 0.05) is 3.57 Å². The molecule has 0 fully saturated rings. The second-order valence-electron chi connectivity index (χ2n) is 3.42. The van der Waals surface area contributed by atoms with Crippen LogP contribution in [0.1, 0.15) is 0 Å². The molecule has 102 valence electrons. The normalized spacial score (nSPS) is 11.6. The molecule has 9 heteroatoms. The lowest BCUT2D eigenvalue weighted by molar-refractivity contribution is 0.601. The zero-order chi connectivity index (χ0) is 14.2. The molecule has 19 heavy (non-hydrogen) atoms. The molecule has 0 aliphatic carbocycles. The number of sulfonamides is 1. The molecule has 0 amide bonds. The quantitative estimate of drug-likeness (QED) is 0.636. The van der Waals surface area contributed by atoms with Gasteiger partial charge in [0.15, 0.2) is 0 Å². The van der Waals surface area contributed by atoms with Gasteiger partial charge in [0.05, 0.1) is 15.0 Å². The third-order valence-electron chi connectivity index (χ3n) is 2.09. The van der Waals surface area contributed by atoms with Crippen molar-refractivity contribution < 1.29 is 8.42 Å². The number of thiophene rings is 1. The highest BCUT2D eigenvalue weighted by Crippen LogP contribution is 2.36. The predicted molar refractivity (Wildman–Crippen MR) is 89.3 cm³/mol. The molecule has 0 saturated carbocycles. The summed E-state index contributed by atoms with van der Waals surface area (Å²) < 4.78 is 28.0. The maximum absolute atomic E-state index is 12.2. The molecule has 2 rings (SSSR count). The molecule has 0 atom stereocenters. The molecule has 0 unspecified atom stereocenters. The van der Waals surface area contributed by atoms with Crippen LogP contribution in [0, 0.1) is 3.57 Å². The van der Waals surface area contributed by atoms with Crippen molar-refractivity contribution in [3.05, 3.63) is 41.5 Å². The fourth-order valence-electron chi connectivity index (χ4n) is 1.28. The van der Waals surface area contributed by atoms with Gasteiger partial charge in [0.1, 0.15) is 9.23 Å². The molecule has 0 radical (unpaired) electrons. The largest absolute Gasteiger partial charge is 0.278 e. The molecule has 0 saturated heterocycles. The van der Waals surface area contributed by atoms with Gasteiger partial charge in [0.25, 0.3) is 10.0 Å². The van der Waals surface area contributed by atoms with Crippen LogP contribution in [-0.4, -0.2) is 8.42 Å². The summed E-state index contributed by atoms with van der Waals surface area (Å²) in [6.07, 6.45) is 0. The van der Waals surface area contributed by atoms with E-state index in [9.17, 15) is 8.42 Å². The fourth-order valence-corrected chi connectivity index (χ4v) is 5.47. The second kappa shape index (κ2) is 5.95. The Morgan fingerprint density at radius 3 is 2.37 bits per heavy atom. The van der Waals surface area contributed by atoms with Crippen LogP contribution in [-0.2, 0) is 10.0 Å². The summed E-state index contributed by atoms with van der Waals surface area (Å²) in [5, 5.41) is 0.313. The van der Waals surface area contributed by atoms with Crippen molar-refractivity contribution in [2.45, 2.75) is 4.90 Å². The van der Waals surface area contributed by atoms with Crippen molar-refractivity contribution >= 4 is 84.4 Å². The van der Waals surface area contributed by atoms with Gasteiger partial charge < -0.3 is 0 Å². The van der Waals surface area contributed by atoms with Crippen LogP contribution in [0.2, 0.25) is 13.7 Å². The van der Waals surface area contributed by atoms with Crippen molar-refractivity contribution in [3.8, 4) is 0 Å². The first kappa shape index (κ1) is 15.7. The molecule has 2 aromatic rings. The summed E-state index contributed by atoms with van der Waals surface area (Å²) in [5.41, 5.74) is 0.292. The van der Waals surface area contributed by atoms with E-state index in [2.05, 4.69) is 27.3 Å². The molecular formula is C10H5Cl3INO2S2. The first-order chi connectivity index (χ1) is 8.79. The highest BCUT2D eigenvalue weighted by molar-refractivity contribution is 14.1. The van der Waals surface area contributed by atoms with Gasteiger partial charge in [-0.05, 0) is 46.9 Å². The van der Waals surface area contributed by atoms with Gasteiger partial charge >= 0.3 is 0 Å². The van der Waals surface area contributed by atoms with Crippen LogP contribution < -0.4 is 4.72 Å². The Bertz CT molecular complexity index is 730. The molecule has 0 aliphatic rings. The maximum atomic E-state index is 12.2. The minimum Gasteiger partial charge on any atom is -0.278 e. The monoisotopic (exact) mass is 467 g/mol. The summed E-state index contributed by atoms with van der Waals surface area (Å²) in [7, 11) is -3.80. The Balaban J connectivity index is 2.39. The van der Waals surface area contributed by atoms with E-state index in [1.54, 1.807) is 18.2 Å². The topological polar surface area (TPSA) is 46.2 Å². The molecule has 0 aliphatic heterocycles. The lowest BCUT2D eigenvalue weighted by Crippen LogP contribution is -2.12.